The van der Waals surface area contributed by atoms with Crippen LogP contribution in [0.2, 0.25) is 0 Å². The molecule has 1 heterocycles. The number of halogens is 1. The molecule has 0 aromatic carbocycles. The Balaban J connectivity index is 3.49. The smallest absolute Gasteiger partial charge is 0.236 e. The van der Waals surface area contributed by atoms with Gasteiger partial charge in [-0.15, -0.1) is 0 Å². The molecule has 0 aromatic rings. The summed E-state index contributed by atoms with van der Waals surface area (Å²) in [7, 11) is -4.81. The average molecular weight is 531 g/mol. The maximum atomic E-state index is 7.23. The first-order valence-corrected chi connectivity index (χ1v) is 18.8. The van der Waals surface area contributed by atoms with E-state index >= 15 is 0 Å². The van der Waals surface area contributed by atoms with Crippen molar-refractivity contribution in [3.8, 4) is 0 Å². The van der Waals surface area contributed by atoms with Crippen LogP contribution in [0.3, 0.4) is 0 Å². The predicted octanol–water partition coefficient (Wildman–Crippen LogP) is 8.03. The molecule has 5 N–H and O–H groups in total. The highest BCUT2D eigenvalue weighted by Crippen LogP contribution is 2.74. The molecule has 0 aliphatic carbocycles. The lowest BCUT2D eigenvalue weighted by atomic mass is 10.3. The Morgan fingerprint density at radius 1 is 0.469 bits per heavy atom. The van der Waals surface area contributed by atoms with Gasteiger partial charge in [-0.2, -0.15) is 13.5 Å². The van der Waals surface area contributed by atoms with E-state index in [1.54, 1.807) is 0 Å². The molecule has 1 aliphatic heterocycles. The van der Waals surface area contributed by atoms with Gasteiger partial charge in [0.05, 0.1) is 0 Å². The fraction of sp³-hybridized carbons (Fsp3) is 1.00. The highest BCUT2D eigenvalue weighted by Gasteiger charge is 2.35. The van der Waals surface area contributed by atoms with Crippen molar-refractivity contribution < 1.29 is 0 Å². The second-order valence-corrected chi connectivity index (χ2v) is 16.9. The quantitative estimate of drug-likeness (QED) is 0.0810. The molecule has 0 aromatic heterocycles. The van der Waals surface area contributed by atoms with Crippen molar-refractivity contribution in [3.63, 3.8) is 0 Å². The maximum Gasteiger partial charge on any atom is 0.236 e. The number of hydrogen-bond donors (Lipinski definition) is 5. The highest BCUT2D eigenvalue weighted by molar-refractivity contribution is 7.96. The third-order valence-corrected chi connectivity index (χ3v) is 15.9. The number of rotatable bonds is 20. The van der Waals surface area contributed by atoms with E-state index in [0.717, 1.165) is 96.9 Å². The molecule has 32 heavy (non-hydrogen) atoms. The standard InChI is InChI=1S/C20H50ClN8P3/c1-6-11-16-22-30(21)27-31(23-17-12-7-2,24-18-13-8-3)29-32(28-30,25-19-14-9-4)26-20-15-10-5/h22-26H,6-20H2,1-5H3. The van der Waals surface area contributed by atoms with E-state index in [0.29, 0.717) is 0 Å². The van der Waals surface area contributed by atoms with Gasteiger partial charge in [0.15, 0.2) is 0 Å². The lowest BCUT2D eigenvalue weighted by Crippen LogP contribution is -2.29. The summed E-state index contributed by atoms with van der Waals surface area (Å²) in [6.07, 6.45) is 11.1. The first-order valence-electron chi connectivity index (χ1n) is 12.8. The normalized spacial score (nSPS) is 21.6. The average Bonchev–Trinajstić information content (AvgIpc) is 2.74. The molecule has 0 fully saturated rings. The van der Waals surface area contributed by atoms with Crippen molar-refractivity contribution in [1.29, 1.82) is 0 Å². The van der Waals surface area contributed by atoms with Gasteiger partial charge in [0.2, 0.25) is 21.7 Å². The van der Waals surface area contributed by atoms with Crippen LogP contribution in [0.1, 0.15) is 98.8 Å². The Morgan fingerprint density at radius 2 is 0.781 bits per heavy atom. The zero-order valence-electron chi connectivity index (χ0n) is 21.2. The van der Waals surface area contributed by atoms with Crippen LogP contribution in [0.15, 0.2) is 13.5 Å². The van der Waals surface area contributed by atoms with Crippen LogP contribution in [0.5, 0.6) is 0 Å². The van der Waals surface area contributed by atoms with Gasteiger partial charge in [-0.3, -0.25) is 25.4 Å². The molecule has 1 atom stereocenters. The van der Waals surface area contributed by atoms with Gasteiger partial charge in [-0.05, 0) is 43.3 Å². The molecule has 1 rings (SSSR count). The van der Waals surface area contributed by atoms with Crippen LogP contribution >= 0.6 is 33.0 Å². The van der Waals surface area contributed by atoms with Crippen LogP contribution < -0.4 is 25.4 Å². The van der Waals surface area contributed by atoms with Gasteiger partial charge >= 0.3 is 0 Å². The Morgan fingerprint density at radius 3 is 1.12 bits per heavy atom. The molecule has 0 saturated carbocycles. The third-order valence-electron chi connectivity index (χ3n) is 5.05. The van der Waals surface area contributed by atoms with Crippen molar-refractivity contribution in [1.82, 2.24) is 25.4 Å². The highest BCUT2D eigenvalue weighted by atomic mass is 35.7. The number of nitrogens with zero attached hydrogens (tertiary/aromatic N) is 3. The molecule has 0 radical (unpaired) electrons. The zero-order valence-corrected chi connectivity index (χ0v) is 24.6. The van der Waals surface area contributed by atoms with Gasteiger partial charge < -0.3 is 0 Å². The minimum Gasteiger partial charge on any atom is -0.253 e. The van der Waals surface area contributed by atoms with Crippen LogP contribution in [0.4, 0.5) is 0 Å². The number of unbranched alkanes of at least 4 members (excludes halogenated alkanes) is 5. The Bertz CT molecular complexity index is 620. The molecule has 1 aliphatic rings. The summed E-state index contributed by atoms with van der Waals surface area (Å²) in [5, 5.41) is 18.5. The molecular weight excluding hydrogens is 481 g/mol. The van der Waals surface area contributed by atoms with Crippen LogP contribution in [0, 0.1) is 0 Å². The summed E-state index contributed by atoms with van der Waals surface area (Å²) in [6.45, 7) is 12.8. The number of hydrogen-bond acceptors (Lipinski definition) is 8. The van der Waals surface area contributed by atoms with Crippen LogP contribution in [-0.2, 0) is 0 Å². The first kappa shape index (κ1) is 30.8. The van der Waals surface area contributed by atoms with E-state index < -0.39 is 21.7 Å². The summed E-state index contributed by atoms with van der Waals surface area (Å²) in [5.41, 5.74) is 0. The van der Waals surface area contributed by atoms with Gasteiger partial charge in [0.1, 0.15) is 0 Å². The largest absolute Gasteiger partial charge is 0.253 e. The number of nitrogens with one attached hydrogen (secondary N) is 5. The summed E-state index contributed by atoms with van der Waals surface area (Å²) < 4.78 is 15.8. The van der Waals surface area contributed by atoms with Crippen molar-refractivity contribution in [2.24, 2.45) is 13.5 Å². The molecule has 0 amide bonds. The minimum absolute atomic E-state index is 0.828. The van der Waals surface area contributed by atoms with E-state index in [4.69, 9.17) is 24.8 Å². The Kier molecular flexibility index (Phi) is 16.6. The lowest BCUT2D eigenvalue weighted by molar-refractivity contribution is 0.729. The monoisotopic (exact) mass is 530 g/mol. The molecular formula is C20H50ClN8P3. The molecule has 0 spiro atoms. The summed E-state index contributed by atoms with van der Waals surface area (Å²) in [4.78, 5) is 0. The molecule has 12 heteroatoms. The van der Waals surface area contributed by atoms with Gasteiger partial charge in [0, 0.05) is 32.7 Å². The molecule has 8 nitrogen and oxygen atoms in total. The topological polar surface area (TPSA) is 97.2 Å². The fourth-order valence-electron chi connectivity index (χ4n) is 3.06. The zero-order chi connectivity index (χ0) is 23.8. The minimum atomic E-state index is -2.60. The third kappa shape index (κ3) is 11.5. The SMILES string of the molecule is CCCCNP1(Cl)=NP(NCCCC)(NCCCC)=NP(NCCCC)(NCCCC)=N1. The van der Waals surface area contributed by atoms with E-state index in [1.807, 2.05) is 0 Å². The first-order chi connectivity index (χ1) is 15.4. The van der Waals surface area contributed by atoms with E-state index in [-0.39, 0.29) is 0 Å². The van der Waals surface area contributed by atoms with E-state index in [2.05, 4.69) is 60.1 Å². The second-order valence-electron chi connectivity index (χ2n) is 8.30. The van der Waals surface area contributed by atoms with Crippen LogP contribution in [0.25, 0.3) is 0 Å². The molecule has 1 unspecified atom stereocenters. The molecule has 192 valence electrons. The van der Waals surface area contributed by atoms with E-state index in [9.17, 15) is 0 Å². The maximum absolute atomic E-state index is 7.23. The van der Waals surface area contributed by atoms with Crippen LogP contribution in [-0.4, -0.2) is 32.7 Å². The van der Waals surface area contributed by atoms with E-state index in [1.165, 1.54) is 0 Å². The summed E-state index contributed by atoms with van der Waals surface area (Å²) in [5.74, 6) is 0. The molecule has 0 saturated heterocycles. The van der Waals surface area contributed by atoms with Crippen molar-refractivity contribution in [3.05, 3.63) is 0 Å². The van der Waals surface area contributed by atoms with Gasteiger partial charge in [-0.1, -0.05) is 66.7 Å². The lowest BCUT2D eigenvalue weighted by Gasteiger charge is -2.35. The van der Waals surface area contributed by atoms with Gasteiger partial charge in [-0.25, -0.2) is 0 Å². The Hall–Kier alpha value is 0.780. The summed E-state index contributed by atoms with van der Waals surface area (Å²) >= 11 is 7.23. The summed E-state index contributed by atoms with van der Waals surface area (Å²) in [6, 6.07) is 0. The van der Waals surface area contributed by atoms with Crippen molar-refractivity contribution >= 4 is 33.0 Å². The van der Waals surface area contributed by atoms with Gasteiger partial charge in [0.25, 0.3) is 0 Å². The predicted molar refractivity (Wildman–Crippen MR) is 148 cm³/mol. The Labute approximate surface area is 203 Å². The molecule has 0 bridgehead atoms. The fourth-order valence-corrected chi connectivity index (χ4v) is 15.8. The van der Waals surface area contributed by atoms with Crippen molar-refractivity contribution in [2.45, 2.75) is 98.8 Å². The van der Waals surface area contributed by atoms with Crippen molar-refractivity contribution in [2.75, 3.05) is 32.7 Å². The second kappa shape index (κ2) is 17.2.